The second-order valence-corrected chi connectivity index (χ2v) is 7.29. The number of esters is 1. The normalized spacial score (nSPS) is 16.2. The molecule has 0 spiro atoms. The zero-order chi connectivity index (χ0) is 21.2. The molecule has 1 atom stereocenters. The third-order valence-corrected chi connectivity index (χ3v) is 5.24. The van der Waals surface area contributed by atoms with Gasteiger partial charge in [0.2, 0.25) is 5.91 Å². The summed E-state index contributed by atoms with van der Waals surface area (Å²) in [6, 6.07) is 6.45. The Labute approximate surface area is 173 Å². The first-order valence-electron chi connectivity index (χ1n) is 10.6. The number of likely N-dealkylation sites (tertiary alicyclic amines) is 1. The minimum Gasteiger partial charge on any atom is -0.462 e. The molecular weight excluding hydrogens is 370 g/mol. The van der Waals surface area contributed by atoms with E-state index in [1.165, 1.54) is 0 Å². The summed E-state index contributed by atoms with van der Waals surface area (Å²) in [5.41, 5.74) is 1.07. The maximum atomic E-state index is 12.6. The number of anilines is 1. The first kappa shape index (κ1) is 22.7. The number of ether oxygens (including phenoxy) is 1. The first-order chi connectivity index (χ1) is 14.0. The number of hydrogen-bond donors (Lipinski definition) is 1. The van der Waals surface area contributed by atoms with Crippen LogP contribution in [0.2, 0.25) is 0 Å². The number of nitrogens with zero attached hydrogens (tertiary/aromatic N) is 2. The highest BCUT2D eigenvalue weighted by atomic mass is 16.5. The molecule has 1 saturated heterocycles. The number of rotatable bonds is 8. The predicted molar refractivity (Wildman–Crippen MR) is 113 cm³/mol. The van der Waals surface area contributed by atoms with Gasteiger partial charge in [-0.25, -0.2) is 9.59 Å². The fourth-order valence-corrected chi connectivity index (χ4v) is 3.44. The van der Waals surface area contributed by atoms with Crippen LogP contribution in [-0.4, -0.2) is 60.5 Å². The lowest BCUT2D eigenvalue weighted by Gasteiger charge is -2.34. The van der Waals surface area contributed by atoms with Crippen molar-refractivity contribution in [2.24, 2.45) is 5.92 Å². The van der Waals surface area contributed by atoms with E-state index in [0.717, 1.165) is 25.7 Å². The van der Waals surface area contributed by atoms with E-state index in [9.17, 15) is 14.4 Å². The molecule has 1 heterocycles. The number of piperidine rings is 1. The third kappa shape index (κ3) is 6.48. The van der Waals surface area contributed by atoms with Gasteiger partial charge in [-0.3, -0.25) is 4.79 Å². The van der Waals surface area contributed by atoms with Crippen molar-refractivity contribution >= 4 is 23.6 Å². The summed E-state index contributed by atoms with van der Waals surface area (Å²) < 4.78 is 5.19. The number of carbonyl (C=O) groups is 3. The Bertz CT molecular complexity index is 686. The van der Waals surface area contributed by atoms with Crippen molar-refractivity contribution in [1.29, 1.82) is 0 Å². The first-order valence-corrected chi connectivity index (χ1v) is 10.6. The minimum absolute atomic E-state index is 0.124. The maximum Gasteiger partial charge on any atom is 0.338 e. The van der Waals surface area contributed by atoms with Crippen LogP contribution in [0.5, 0.6) is 0 Å². The Hall–Kier alpha value is -2.57. The van der Waals surface area contributed by atoms with Gasteiger partial charge >= 0.3 is 12.0 Å². The van der Waals surface area contributed by atoms with Crippen molar-refractivity contribution in [1.82, 2.24) is 9.80 Å². The molecule has 0 aliphatic carbocycles. The largest absolute Gasteiger partial charge is 0.462 e. The van der Waals surface area contributed by atoms with Gasteiger partial charge in [-0.1, -0.05) is 13.3 Å². The lowest BCUT2D eigenvalue weighted by molar-refractivity contribution is -0.136. The fraction of sp³-hybridized carbons (Fsp3) is 0.591. The number of carbonyl (C=O) groups excluding carboxylic acids is 3. The van der Waals surface area contributed by atoms with Crippen molar-refractivity contribution < 1.29 is 19.1 Å². The molecule has 7 heteroatoms. The average Bonchev–Trinajstić information content (AvgIpc) is 2.75. The van der Waals surface area contributed by atoms with Gasteiger partial charge in [-0.2, -0.15) is 0 Å². The van der Waals surface area contributed by atoms with E-state index in [2.05, 4.69) is 5.32 Å². The smallest absolute Gasteiger partial charge is 0.338 e. The highest BCUT2D eigenvalue weighted by Crippen LogP contribution is 2.20. The van der Waals surface area contributed by atoms with Gasteiger partial charge in [-0.05, 0) is 57.4 Å². The van der Waals surface area contributed by atoms with Crippen LogP contribution < -0.4 is 5.32 Å². The van der Waals surface area contributed by atoms with E-state index in [-0.39, 0.29) is 23.8 Å². The van der Waals surface area contributed by atoms with Gasteiger partial charge in [0, 0.05) is 31.9 Å². The van der Waals surface area contributed by atoms with E-state index in [0.29, 0.717) is 44.0 Å². The second-order valence-electron chi connectivity index (χ2n) is 7.29. The van der Waals surface area contributed by atoms with Gasteiger partial charge in [0.25, 0.3) is 0 Å². The van der Waals surface area contributed by atoms with Crippen molar-refractivity contribution in [3.63, 3.8) is 0 Å². The molecule has 1 N–H and O–H groups in total. The van der Waals surface area contributed by atoms with Crippen LogP contribution in [0.3, 0.4) is 0 Å². The molecular formula is C22H33N3O4. The Morgan fingerprint density at radius 2 is 1.83 bits per heavy atom. The summed E-state index contributed by atoms with van der Waals surface area (Å²) in [6.07, 6.45) is 3.44. The molecule has 1 aliphatic rings. The second kappa shape index (κ2) is 11.4. The zero-order valence-corrected chi connectivity index (χ0v) is 17.8. The van der Waals surface area contributed by atoms with Gasteiger partial charge in [0.1, 0.15) is 0 Å². The van der Waals surface area contributed by atoms with E-state index in [4.69, 9.17) is 4.74 Å². The third-order valence-electron chi connectivity index (χ3n) is 5.24. The van der Waals surface area contributed by atoms with E-state index in [1.807, 2.05) is 25.7 Å². The number of hydrogen-bond acceptors (Lipinski definition) is 4. The number of urea groups is 1. The van der Waals surface area contributed by atoms with Gasteiger partial charge < -0.3 is 19.9 Å². The molecule has 3 amide bonds. The molecule has 1 aromatic carbocycles. The van der Waals surface area contributed by atoms with Gasteiger partial charge in [0.15, 0.2) is 0 Å². The van der Waals surface area contributed by atoms with Crippen LogP contribution in [0, 0.1) is 5.92 Å². The lowest BCUT2D eigenvalue weighted by atomic mass is 9.96. The standard InChI is InChI=1S/C22H33N3O4/c1-4-7-15-29-21(27)17-10-12-19(13-11-17)23-22(28)25-14-8-9-18(16-25)20(26)24(5-2)6-3/h10-13,18H,4-9,14-16H2,1-3H3,(H,23,28). The molecule has 1 unspecified atom stereocenters. The molecule has 0 saturated carbocycles. The molecule has 0 radical (unpaired) electrons. The fourth-order valence-electron chi connectivity index (χ4n) is 3.44. The number of benzene rings is 1. The van der Waals surface area contributed by atoms with E-state index in [1.54, 1.807) is 29.2 Å². The van der Waals surface area contributed by atoms with Crippen LogP contribution in [0.15, 0.2) is 24.3 Å². The summed E-state index contributed by atoms with van der Waals surface area (Å²) in [6.45, 7) is 8.83. The predicted octanol–water partition coefficient (Wildman–Crippen LogP) is 3.76. The lowest BCUT2D eigenvalue weighted by Crippen LogP contribution is -2.47. The molecule has 0 bridgehead atoms. The van der Waals surface area contributed by atoms with Crippen molar-refractivity contribution in [2.45, 2.75) is 46.5 Å². The molecule has 29 heavy (non-hydrogen) atoms. The van der Waals surface area contributed by atoms with Crippen LogP contribution in [0.1, 0.15) is 56.8 Å². The Morgan fingerprint density at radius 3 is 2.45 bits per heavy atom. The number of amides is 3. The summed E-state index contributed by atoms with van der Waals surface area (Å²) in [7, 11) is 0. The molecule has 2 rings (SSSR count). The highest BCUT2D eigenvalue weighted by Gasteiger charge is 2.30. The van der Waals surface area contributed by atoms with Crippen molar-refractivity contribution in [3.05, 3.63) is 29.8 Å². The van der Waals surface area contributed by atoms with Crippen molar-refractivity contribution in [3.8, 4) is 0 Å². The average molecular weight is 404 g/mol. The Balaban J connectivity index is 1.90. The number of unbranched alkanes of at least 4 members (excludes halogenated alkanes) is 1. The SMILES string of the molecule is CCCCOC(=O)c1ccc(NC(=O)N2CCCC(C(=O)N(CC)CC)C2)cc1. The van der Waals surface area contributed by atoms with Crippen LogP contribution >= 0.6 is 0 Å². The summed E-state index contributed by atoms with van der Waals surface area (Å²) in [5.74, 6) is -0.377. The molecule has 160 valence electrons. The molecule has 0 aromatic heterocycles. The molecule has 1 aliphatic heterocycles. The maximum absolute atomic E-state index is 12.6. The number of nitrogens with one attached hydrogen (secondary N) is 1. The topological polar surface area (TPSA) is 79.0 Å². The molecule has 1 aromatic rings. The van der Waals surface area contributed by atoms with Crippen LogP contribution in [0.25, 0.3) is 0 Å². The van der Waals surface area contributed by atoms with E-state index < -0.39 is 0 Å². The van der Waals surface area contributed by atoms with Crippen LogP contribution in [0.4, 0.5) is 10.5 Å². The molecule has 7 nitrogen and oxygen atoms in total. The summed E-state index contributed by atoms with van der Waals surface area (Å²) >= 11 is 0. The monoisotopic (exact) mass is 403 g/mol. The Kier molecular flexibility index (Phi) is 8.96. The van der Waals surface area contributed by atoms with Crippen molar-refractivity contribution in [2.75, 3.05) is 38.1 Å². The highest BCUT2D eigenvalue weighted by molar-refractivity contribution is 5.92. The van der Waals surface area contributed by atoms with E-state index >= 15 is 0 Å². The van der Waals surface area contributed by atoms with Crippen LogP contribution in [-0.2, 0) is 9.53 Å². The Morgan fingerprint density at radius 1 is 1.14 bits per heavy atom. The van der Waals surface area contributed by atoms with Gasteiger partial charge in [0.05, 0.1) is 18.1 Å². The summed E-state index contributed by atoms with van der Waals surface area (Å²) in [4.78, 5) is 40.7. The van der Waals surface area contributed by atoms with Gasteiger partial charge in [-0.15, -0.1) is 0 Å². The zero-order valence-electron chi connectivity index (χ0n) is 17.8. The molecule has 1 fully saturated rings. The quantitative estimate of drug-likeness (QED) is 0.529. The minimum atomic E-state index is -0.356. The summed E-state index contributed by atoms with van der Waals surface area (Å²) in [5, 5.41) is 2.86.